The molecule has 0 saturated carbocycles. The number of nitrogens with zero attached hydrogens (tertiary/aromatic N) is 1. The number of fused-ring (bicyclic) bond motifs is 2. The van der Waals surface area contributed by atoms with Crippen molar-refractivity contribution in [1.29, 1.82) is 0 Å². The van der Waals surface area contributed by atoms with Gasteiger partial charge in [-0.1, -0.05) is 42.0 Å². The number of nitrogens with one attached hydrogen (secondary N) is 2. The van der Waals surface area contributed by atoms with Crippen molar-refractivity contribution >= 4 is 33.9 Å². The lowest BCUT2D eigenvalue weighted by atomic mass is 10.1. The van der Waals surface area contributed by atoms with E-state index >= 15 is 0 Å². The van der Waals surface area contributed by atoms with Gasteiger partial charge in [0.25, 0.3) is 5.56 Å². The van der Waals surface area contributed by atoms with Crippen LogP contribution in [-0.2, 0) is 13.0 Å². The molecule has 1 aromatic heterocycles. The zero-order valence-corrected chi connectivity index (χ0v) is 20.6. The maximum Gasteiger partial charge on any atom is 0.253 e. The third-order valence-corrected chi connectivity index (χ3v) is 6.64. The first-order valence-corrected chi connectivity index (χ1v) is 12.0. The number of hydrogen-bond donors (Lipinski definition) is 2. The standard InChI is InChI=1S/C28H27N3O3S/c1-18-7-9-23(10-8-18)29-28(35)31(12-11-20-6-4-3-5-19(20)2)16-22-13-21-14-25-26(34-17-33-25)15-24(21)30-27(22)32/h3-10,13-15H,11-12,16-17H2,1-2H3,(H,29,35)(H,30,32). The normalized spacial score (nSPS) is 12.1. The average molecular weight is 486 g/mol. The highest BCUT2D eigenvalue weighted by molar-refractivity contribution is 7.80. The van der Waals surface area contributed by atoms with Gasteiger partial charge in [-0.25, -0.2) is 0 Å². The number of anilines is 1. The van der Waals surface area contributed by atoms with Gasteiger partial charge in [0.2, 0.25) is 6.79 Å². The Hall–Kier alpha value is -3.84. The first-order chi connectivity index (χ1) is 17.0. The van der Waals surface area contributed by atoms with Crippen LogP contribution in [0.3, 0.4) is 0 Å². The van der Waals surface area contributed by atoms with Gasteiger partial charge in [0.1, 0.15) is 0 Å². The molecular formula is C28H27N3O3S. The van der Waals surface area contributed by atoms with Crippen LogP contribution >= 0.6 is 12.2 Å². The predicted molar refractivity (Wildman–Crippen MR) is 143 cm³/mol. The summed E-state index contributed by atoms with van der Waals surface area (Å²) >= 11 is 5.81. The molecule has 0 radical (unpaired) electrons. The van der Waals surface area contributed by atoms with Crippen LogP contribution in [0.2, 0.25) is 0 Å². The van der Waals surface area contributed by atoms with E-state index in [0.717, 1.165) is 23.0 Å². The largest absolute Gasteiger partial charge is 0.454 e. The molecule has 1 aliphatic heterocycles. The van der Waals surface area contributed by atoms with Crippen molar-refractivity contribution in [2.75, 3.05) is 18.7 Å². The van der Waals surface area contributed by atoms with E-state index in [1.807, 2.05) is 59.5 Å². The van der Waals surface area contributed by atoms with Crippen LogP contribution in [0.5, 0.6) is 11.5 Å². The fourth-order valence-corrected chi connectivity index (χ4v) is 4.48. The third kappa shape index (κ3) is 5.15. The molecule has 7 heteroatoms. The molecule has 0 atom stereocenters. The molecule has 0 unspecified atom stereocenters. The van der Waals surface area contributed by atoms with Crippen LogP contribution < -0.4 is 20.3 Å². The SMILES string of the molecule is Cc1ccc(NC(=S)N(CCc2ccccc2C)Cc2cc3cc4c(cc3[nH]c2=O)OCO4)cc1. The van der Waals surface area contributed by atoms with Gasteiger partial charge in [0.05, 0.1) is 12.1 Å². The quantitative estimate of drug-likeness (QED) is 0.361. The zero-order chi connectivity index (χ0) is 24.4. The Morgan fingerprint density at radius 2 is 1.74 bits per heavy atom. The number of ether oxygens (including phenoxy) is 2. The number of H-pyrrole nitrogens is 1. The summed E-state index contributed by atoms with van der Waals surface area (Å²) < 4.78 is 11.0. The highest BCUT2D eigenvalue weighted by Gasteiger charge is 2.18. The van der Waals surface area contributed by atoms with Crippen LogP contribution in [-0.4, -0.2) is 28.3 Å². The first kappa shape index (κ1) is 22.9. The van der Waals surface area contributed by atoms with E-state index in [2.05, 4.69) is 36.3 Å². The summed E-state index contributed by atoms with van der Waals surface area (Å²) in [5, 5.41) is 4.81. The molecule has 2 heterocycles. The molecule has 0 spiro atoms. The number of pyridine rings is 1. The third-order valence-electron chi connectivity index (χ3n) is 6.28. The lowest BCUT2D eigenvalue weighted by molar-refractivity contribution is 0.174. The van der Waals surface area contributed by atoms with E-state index in [0.29, 0.717) is 35.3 Å². The molecule has 6 nitrogen and oxygen atoms in total. The molecule has 0 saturated heterocycles. The van der Waals surface area contributed by atoms with Crippen molar-refractivity contribution in [3.63, 3.8) is 0 Å². The number of thiocarbonyl (C=S) groups is 1. The Balaban J connectivity index is 1.42. The van der Waals surface area contributed by atoms with Gasteiger partial charge >= 0.3 is 0 Å². The van der Waals surface area contributed by atoms with Crippen molar-refractivity contribution in [2.24, 2.45) is 0 Å². The molecule has 0 amide bonds. The van der Waals surface area contributed by atoms with Crippen molar-refractivity contribution in [3.05, 3.63) is 99.3 Å². The summed E-state index contributed by atoms with van der Waals surface area (Å²) in [4.78, 5) is 18.0. The van der Waals surface area contributed by atoms with Gasteiger partial charge in [-0.05, 0) is 67.9 Å². The van der Waals surface area contributed by atoms with E-state index in [-0.39, 0.29) is 12.4 Å². The Morgan fingerprint density at radius 1 is 1.00 bits per heavy atom. The van der Waals surface area contributed by atoms with Gasteiger partial charge in [0.15, 0.2) is 16.6 Å². The smallest absolute Gasteiger partial charge is 0.253 e. The van der Waals surface area contributed by atoms with E-state index in [1.165, 1.54) is 16.7 Å². The van der Waals surface area contributed by atoms with Crippen LogP contribution in [0.1, 0.15) is 22.3 Å². The fraction of sp³-hybridized carbons (Fsp3) is 0.214. The van der Waals surface area contributed by atoms with Gasteiger partial charge in [-0.15, -0.1) is 0 Å². The van der Waals surface area contributed by atoms with Gasteiger partial charge < -0.3 is 24.7 Å². The van der Waals surface area contributed by atoms with Gasteiger partial charge in [0, 0.05) is 29.2 Å². The van der Waals surface area contributed by atoms with Crippen LogP contribution in [0.25, 0.3) is 10.9 Å². The maximum absolute atomic E-state index is 13.0. The second kappa shape index (κ2) is 9.80. The van der Waals surface area contributed by atoms with E-state index < -0.39 is 0 Å². The first-order valence-electron chi connectivity index (χ1n) is 11.6. The molecule has 5 rings (SSSR count). The molecule has 1 aliphatic rings. The summed E-state index contributed by atoms with van der Waals surface area (Å²) in [6.07, 6.45) is 0.812. The summed E-state index contributed by atoms with van der Waals surface area (Å²) in [6, 6.07) is 22.1. The highest BCUT2D eigenvalue weighted by atomic mass is 32.1. The number of aromatic amines is 1. The lowest BCUT2D eigenvalue weighted by Crippen LogP contribution is -2.37. The monoisotopic (exact) mass is 485 g/mol. The number of aryl methyl sites for hydroxylation is 2. The number of hydrogen-bond acceptors (Lipinski definition) is 4. The van der Waals surface area contributed by atoms with E-state index in [9.17, 15) is 4.79 Å². The lowest BCUT2D eigenvalue weighted by Gasteiger charge is -2.26. The fourth-order valence-electron chi connectivity index (χ4n) is 4.20. The summed E-state index contributed by atoms with van der Waals surface area (Å²) in [7, 11) is 0. The topological polar surface area (TPSA) is 66.6 Å². The minimum absolute atomic E-state index is 0.143. The summed E-state index contributed by atoms with van der Waals surface area (Å²) in [6.45, 7) is 5.40. The Kier molecular flexibility index (Phi) is 6.42. The minimum Gasteiger partial charge on any atom is -0.454 e. The van der Waals surface area contributed by atoms with Crippen molar-refractivity contribution in [3.8, 4) is 11.5 Å². The van der Waals surface area contributed by atoms with Crippen molar-refractivity contribution < 1.29 is 9.47 Å². The molecule has 0 bridgehead atoms. The van der Waals surface area contributed by atoms with Gasteiger partial charge in [-0.2, -0.15) is 0 Å². The molecule has 2 N–H and O–H groups in total. The van der Waals surface area contributed by atoms with Gasteiger partial charge in [-0.3, -0.25) is 4.79 Å². The number of aromatic nitrogens is 1. The second-order valence-electron chi connectivity index (χ2n) is 8.81. The average Bonchev–Trinajstić information content (AvgIpc) is 3.30. The highest BCUT2D eigenvalue weighted by Crippen LogP contribution is 2.35. The predicted octanol–water partition coefficient (Wildman–Crippen LogP) is 5.32. The summed E-state index contributed by atoms with van der Waals surface area (Å²) in [5.74, 6) is 1.33. The molecule has 4 aromatic rings. The van der Waals surface area contributed by atoms with E-state index in [4.69, 9.17) is 21.7 Å². The molecular weight excluding hydrogens is 458 g/mol. The molecule has 3 aromatic carbocycles. The second-order valence-corrected chi connectivity index (χ2v) is 9.20. The van der Waals surface area contributed by atoms with Crippen molar-refractivity contribution in [1.82, 2.24) is 9.88 Å². The Labute approximate surface area is 209 Å². The minimum atomic E-state index is -0.143. The zero-order valence-electron chi connectivity index (χ0n) is 19.8. The summed E-state index contributed by atoms with van der Waals surface area (Å²) in [5.41, 5.74) is 5.81. The number of benzene rings is 3. The molecule has 0 aliphatic carbocycles. The molecule has 35 heavy (non-hydrogen) atoms. The molecule has 0 fully saturated rings. The Bertz CT molecular complexity index is 1450. The van der Waals surface area contributed by atoms with Crippen molar-refractivity contribution in [2.45, 2.75) is 26.8 Å². The Morgan fingerprint density at radius 3 is 2.51 bits per heavy atom. The van der Waals surface area contributed by atoms with E-state index in [1.54, 1.807) is 0 Å². The number of rotatable bonds is 6. The van der Waals surface area contributed by atoms with Crippen LogP contribution in [0.15, 0.2) is 71.5 Å². The van der Waals surface area contributed by atoms with Crippen LogP contribution in [0.4, 0.5) is 5.69 Å². The maximum atomic E-state index is 13.0. The van der Waals surface area contributed by atoms with Crippen LogP contribution in [0, 0.1) is 13.8 Å². The molecule has 178 valence electrons.